The van der Waals surface area contributed by atoms with Crippen molar-refractivity contribution in [2.45, 2.75) is 11.8 Å². The van der Waals surface area contributed by atoms with Gasteiger partial charge in [-0.2, -0.15) is 0 Å². The lowest BCUT2D eigenvalue weighted by Crippen LogP contribution is -2.36. The highest BCUT2D eigenvalue weighted by atomic mass is 32.2. The highest BCUT2D eigenvalue weighted by molar-refractivity contribution is 7.89. The van der Waals surface area contributed by atoms with Gasteiger partial charge in [0.2, 0.25) is 0 Å². The summed E-state index contributed by atoms with van der Waals surface area (Å²) in [7, 11) is -0.326. The Labute approximate surface area is 107 Å². The maximum Gasteiger partial charge on any atom is 0.253 e. The predicted molar refractivity (Wildman–Crippen MR) is 71.1 cm³/mol. The molecule has 0 aliphatic rings. The molecule has 0 atom stereocenters. The summed E-state index contributed by atoms with van der Waals surface area (Å²) in [4.78, 5) is 2.83. The van der Waals surface area contributed by atoms with Crippen molar-refractivity contribution in [3.63, 3.8) is 0 Å². The highest BCUT2D eigenvalue weighted by Gasteiger charge is 2.17. The Balaban J connectivity index is 3.21. The molecule has 0 heterocycles. The molecule has 3 N–H and O–H groups in total. The van der Waals surface area contributed by atoms with E-state index in [2.05, 4.69) is 4.83 Å². The van der Waals surface area contributed by atoms with Crippen molar-refractivity contribution in [3.05, 3.63) is 29.3 Å². The van der Waals surface area contributed by atoms with E-state index in [1.165, 1.54) is 11.1 Å². The van der Waals surface area contributed by atoms with Crippen LogP contribution in [0.3, 0.4) is 0 Å². The summed E-state index contributed by atoms with van der Waals surface area (Å²) in [6.45, 7) is 1.70. The van der Waals surface area contributed by atoms with E-state index >= 15 is 0 Å². The van der Waals surface area contributed by atoms with Crippen molar-refractivity contribution in [3.8, 4) is 0 Å². The van der Waals surface area contributed by atoms with E-state index < -0.39 is 10.0 Å². The molecule has 0 aliphatic heterocycles. The van der Waals surface area contributed by atoms with Crippen LogP contribution in [0.1, 0.15) is 11.1 Å². The first-order valence-electron chi connectivity index (χ1n) is 4.84. The molecule has 0 amide bonds. The summed E-state index contributed by atoms with van der Waals surface area (Å²) < 4.78 is 23.9. The molecule has 1 rings (SSSR count). The maximum absolute atomic E-state index is 11.9. The SMILES string of the molecule is Cc1cc(C(N)=S)ccc1S(=O)(=O)NN(C)C. The standard InChI is InChI=1S/C10H15N3O2S2/c1-7-6-8(10(11)16)4-5-9(7)17(14,15)12-13(2)3/h4-6,12H,1-3H3,(H2,11,16). The summed E-state index contributed by atoms with van der Waals surface area (Å²) in [6.07, 6.45) is 0. The van der Waals surface area contributed by atoms with Crippen LogP contribution in [0.15, 0.2) is 23.1 Å². The summed E-state index contributed by atoms with van der Waals surface area (Å²) >= 11 is 4.83. The fourth-order valence-corrected chi connectivity index (χ4v) is 2.83. The lowest BCUT2D eigenvalue weighted by atomic mass is 10.1. The Morgan fingerprint density at radius 2 is 2.00 bits per heavy atom. The zero-order chi connectivity index (χ0) is 13.2. The van der Waals surface area contributed by atoms with Crippen molar-refractivity contribution in [2.75, 3.05) is 14.1 Å². The molecule has 0 unspecified atom stereocenters. The van der Waals surface area contributed by atoms with Gasteiger partial charge in [0.05, 0.1) is 4.90 Å². The number of nitrogens with two attached hydrogens (primary N) is 1. The van der Waals surface area contributed by atoms with Gasteiger partial charge in [-0.1, -0.05) is 18.3 Å². The number of aryl methyl sites for hydroxylation is 1. The number of nitrogens with zero attached hydrogens (tertiary/aromatic N) is 1. The van der Waals surface area contributed by atoms with Gasteiger partial charge < -0.3 is 5.73 Å². The molecule has 7 heteroatoms. The van der Waals surface area contributed by atoms with Crippen LogP contribution in [0.2, 0.25) is 0 Å². The van der Waals surface area contributed by atoms with Gasteiger partial charge >= 0.3 is 0 Å². The van der Waals surface area contributed by atoms with Crippen LogP contribution in [0.4, 0.5) is 0 Å². The van der Waals surface area contributed by atoms with Crippen LogP contribution in [0.5, 0.6) is 0 Å². The zero-order valence-electron chi connectivity index (χ0n) is 9.89. The first-order chi connectivity index (χ1) is 7.74. The monoisotopic (exact) mass is 273 g/mol. The number of benzene rings is 1. The lowest BCUT2D eigenvalue weighted by molar-refractivity contribution is 0.364. The molecule has 0 spiro atoms. The van der Waals surface area contributed by atoms with E-state index in [0.29, 0.717) is 11.1 Å². The van der Waals surface area contributed by atoms with E-state index in [1.807, 2.05) is 0 Å². The summed E-state index contributed by atoms with van der Waals surface area (Å²) in [6, 6.07) is 4.75. The quantitative estimate of drug-likeness (QED) is 0.613. The van der Waals surface area contributed by atoms with Gasteiger partial charge in [0.15, 0.2) is 0 Å². The van der Waals surface area contributed by atoms with Gasteiger partial charge in [-0.25, -0.2) is 13.4 Å². The summed E-state index contributed by atoms with van der Waals surface area (Å²) in [5.74, 6) is 0. The fraction of sp³-hybridized carbons (Fsp3) is 0.300. The minimum atomic E-state index is -3.54. The molecule has 0 saturated carbocycles. The van der Waals surface area contributed by atoms with Gasteiger partial charge in [-0.3, -0.25) is 0 Å². The summed E-state index contributed by atoms with van der Waals surface area (Å²) in [5, 5.41) is 1.37. The highest BCUT2D eigenvalue weighted by Crippen LogP contribution is 2.16. The van der Waals surface area contributed by atoms with Crippen molar-refractivity contribution >= 4 is 27.2 Å². The normalized spacial score (nSPS) is 11.8. The molecule has 0 aliphatic carbocycles. The molecule has 0 saturated heterocycles. The number of hydrazine groups is 1. The minimum Gasteiger partial charge on any atom is -0.389 e. The lowest BCUT2D eigenvalue weighted by Gasteiger charge is -2.14. The second-order valence-corrected chi connectivity index (χ2v) is 5.90. The molecular weight excluding hydrogens is 258 g/mol. The molecule has 0 aromatic heterocycles. The van der Waals surface area contributed by atoms with Crippen LogP contribution < -0.4 is 10.6 Å². The van der Waals surface area contributed by atoms with E-state index in [4.69, 9.17) is 18.0 Å². The number of rotatable bonds is 4. The number of hydrogen-bond donors (Lipinski definition) is 2. The topological polar surface area (TPSA) is 75.4 Å². The Kier molecular flexibility index (Phi) is 4.21. The second-order valence-electron chi connectivity index (χ2n) is 3.83. The number of hydrogen-bond acceptors (Lipinski definition) is 4. The van der Waals surface area contributed by atoms with Gasteiger partial charge in [0.1, 0.15) is 4.99 Å². The molecule has 1 aromatic rings. The third-order valence-electron chi connectivity index (χ3n) is 2.05. The molecule has 0 fully saturated rings. The Hall–Kier alpha value is -1.02. The van der Waals surface area contributed by atoms with Crippen LogP contribution in [0.25, 0.3) is 0 Å². The van der Waals surface area contributed by atoms with Crippen molar-refractivity contribution in [1.82, 2.24) is 9.84 Å². The first-order valence-corrected chi connectivity index (χ1v) is 6.73. The van der Waals surface area contributed by atoms with Crippen molar-refractivity contribution < 1.29 is 8.42 Å². The maximum atomic E-state index is 11.9. The second kappa shape index (κ2) is 5.09. The molecular formula is C10H15N3O2S2. The Bertz CT molecular complexity index is 538. The smallest absolute Gasteiger partial charge is 0.253 e. The number of sulfonamides is 1. The average Bonchev–Trinajstić information content (AvgIpc) is 2.14. The van der Waals surface area contributed by atoms with Gasteiger partial charge in [0.25, 0.3) is 10.0 Å². The van der Waals surface area contributed by atoms with Crippen molar-refractivity contribution in [1.29, 1.82) is 0 Å². The van der Waals surface area contributed by atoms with E-state index in [1.54, 1.807) is 33.2 Å². The fourth-order valence-electron chi connectivity index (χ4n) is 1.39. The summed E-state index contributed by atoms with van der Waals surface area (Å²) in [5.41, 5.74) is 6.74. The van der Waals surface area contributed by atoms with E-state index in [-0.39, 0.29) is 9.88 Å². The number of nitrogens with one attached hydrogen (secondary N) is 1. The van der Waals surface area contributed by atoms with Crippen molar-refractivity contribution in [2.24, 2.45) is 5.73 Å². The minimum absolute atomic E-state index is 0.214. The molecule has 1 aromatic carbocycles. The first kappa shape index (κ1) is 14.0. The third kappa shape index (κ3) is 3.47. The predicted octanol–water partition coefficient (Wildman–Crippen LogP) is 0.384. The van der Waals surface area contributed by atoms with Crippen LogP contribution in [-0.4, -0.2) is 32.5 Å². The zero-order valence-corrected chi connectivity index (χ0v) is 11.5. The molecule has 0 radical (unpaired) electrons. The van der Waals surface area contributed by atoms with E-state index in [9.17, 15) is 8.42 Å². The van der Waals surface area contributed by atoms with Crippen LogP contribution in [-0.2, 0) is 10.0 Å². The Morgan fingerprint density at radius 1 is 1.41 bits per heavy atom. The van der Waals surface area contributed by atoms with Gasteiger partial charge in [-0.05, 0) is 24.6 Å². The van der Waals surface area contributed by atoms with Gasteiger partial charge in [-0.15, -0.1) is 4.83 Å². The molecule has 94 valence electrons. The molecule has 5 nitrogen and oxygen atoms in total. The number of thiocarbonyl (C=S) groups is 1. The Morgan fingerprint density at radius 3 is 2.41 bits per heavy atom. The van der Waals surface area contributed by atoms with E-state index in [0.717, 1.165) is 0 Å². The van der Waals surface area contributed by atoms with Gasteiger partial charge in [0, 0.05) is 19.7 Å². The molecule has 17 heavy (non-hydrogen) atoms. The van der Waals surface area contributed by atoms with Crippen LogP contribution in [0, 0.1) is 6.92 Å². The average molecular weight is 273 g/mol. The third-order valence-corrected chi connectivity index (χ3v) is 3.93. The molecule has 0 bridgehead atoms. The van der Waals surface area contributed by atoms with Crippen LogP contribution >= 0.6 is 12.2 Å². The largest absolute Gasteiger partial charge is 0.389 e.